The number of aromatic nitrogens is 1. The number of nitrogens with zero attached hydrogens (tertiary/aromatic N) is 5. The van der Waals surface area contributed by atoms with Crippen molar-refractivity contribution in [3.8, 4) is 11.1 Å². The van der Waals surface area contributed by atoms with Gasteiger partial charge >= 0.3 is 0 Å². The second kappa shape index (κ2) is 16.1. The molecule has 1 spiro atoms. The van der Waals surface area contributed by atoms with E-state index in [-0.39, 0.29) is 46.2 Å². The monoisotopic (exact) mass is 809 g/mol. The Balaban J connectivity index is 1.39. The normalized spacial score (nSPS) is 17.6. The zero-order valence-electron chi connectivity index (χ0n) is 33.4. The smallest absolute Gasteiger partial charge is 0.268 e. The Hall–Kier alpha value is -3.52. The minimum absolute atomic E-state index is 0.0320. The highest BCUT2D eigenvalue weighted by molar-refractivity contribution is 7.93. The van der Waals surface area contributed by atoms with Gasteiger partial charge in [0.25, 0.3) is 15.9 Å². The van der Waals surface area contributed by atoms with Crippen LogP contribution in [0.4, 0.5) is 5.82 Å². The second-order valence-corrected chi connectivity index (χ2v) is 24.9. The van der Waals surface area contributed by atoms with Gasteiger partial charge < -0.3 is 14.2 Å². The standard InChI is InChI=1S/C41H56ClN5O6SSi/c1-8-9-16-35-43-41(19-12-13-20-41)39(49)46(35)26-30-17-18-32(31(25-30)27-45(4)38(48)40(3)21-22-40)33-14-10-11-15-34(33)54(50,51)47(28-52-23-24-55(5,6)7)37-36(42)29(2)53-44-37/h10-11,14-15,17-18,25H,8-9,12-13,16,19-24,26-28H2,1-7H3. The number of carbonyl (C=O) groups is 2. The number of benzene rings is 2. The molecule has 0 saturated heterocycles. The van der Waals surface area contributed by atoms with Gasteiger partial charge in [0.1, 0.15) is 23.1 Å². The van der Waals surface area contributed by atoms with Crippen molar-refractivity contribution in [1.29, 1.82) is 0 Å². The van der Waals surface area contributed by atoms with Gasteiger partial charge in [-0.1, -0.05) is 106 Å². The zero-order chi connectivity index (χ0) is 39.8. The minimum Gasteiger partial charge on any atom is -0.360 e. The number of hydrogen-bond acceptors (Lipinski definition) is 8. The third-order valence-electron chi connectivity index (χ3n) is 11.2. The van der Waals surface area contributed by atoms with Gasteiger partial charge in [-0.25, -0.2) is 12.7 Å². The molecule has 3 aromatic rings. The number of unbranched alkanes of at least 4 members (excludes halogenated alkanes) is 1. The molecule has 298 valence electrons. The molecule has 55 heavy (non-hydrogen) atoms. The van der Waals surface area contributed by atoms with E-state index in [0.717, 1.165) is 85.1 Å². The first-order valence-electron chi connectivity index (χ1n) is 19.6. The molecule has 2 aromatic carbocycles. The first-order valence-corrected chi connectivity index (χ1v) is 25.1. The summed E-state index contributed by atoms with van der Waals surface area (Å²) in [4.78, 5) is 36.3. The van der Waals surface area contributed by atoms with Crippen LogP contribution in [-0.4, -0.2) is 75.0 Å². The molecule has 6 rings (SSSR count). The van der Waals surface area contributed by atoms with Gasteiger partial charge in [0, 0.05) is 45.7 Å². The van der Waals surface area contributed by atoms with Crippen molar-refractivity contribution < 1.29 is 27.3 Å². The number of ether oxygens (including phenoxy) is 1. The fraction of sp³-hybridized carbons (Fsp3) is 0.561. The molecule has 2 saturated carbocycles. The number of anilines is 1. The maximum atomic E-state index is 14.8. The fourth-order valence-electron chi connectivity index (χ4n) is 7.52. The molecule has 0 unspecified atom stereocenters. The second-order valence-electron chi connectivity index (χ2n) is 17.0. The van der Waals surface area contributed by atoms with Gasteiger partial charge in [0.15, 0.2) is 5.76 Å². The summed E-state index contributed by atoms with van der Waals surface area (Å²) in [6.45, 7) is 13.1. The molecule has 0 radical (unpaired) electrons. The summed E-state index contributed by atoms with van der Waals surface area (Å²) in [5.74, 6) is 1.21. The number of hydrogen-bond donors (Lipinski definition) is 0. The molecule has 0 atom stereocenters. The Kier molecular flexibility index (Phi) is 12.1. The number of amidine groups is 1. The van der Waals surface area contributed by atoms with Crippen molar-refractivity contribution in [2.24, 2.45) is 10.4 Å². The van der Waals surface area contributed by atoms with Crippen LogP contribution in [0.15, 0.2) is 56.9 Å². The van der Waals surface area contributed by atoms with E-state index >= 15 is 0 Å². The molecular formula is C41H56ClN5O6SSi. The number of carbonyl (C=O) groups excluding carboxylic acids is 2. The maximum absolute atomic E-state index is 14.8. The summed E-state index contributed by atoms with van der Waals surface area (Å²) in [6.07, 6.45) is 7.90. The molecule has 1 aliphatic heterocycles. The van der Waals surface area contributed by atoms with E-state index in [1.807, 2.05) is 30.0 Å². The molecular weight excluding hydrogens is 754 g/mol. The number of aliphatic imine (C=N–C) groups is 1. The van der Waals surface area contributed by atoms with Crippen molar-refractivity contribution in [3.05, 3.63) is 64.4 Å². The number of aryl methyl sites for hydroxylation is 1. The Labute approximate surface area is 332 Å². The van der Waals surface area contributed by atoms with E-state index in [2.05, 4.69) is 31.7 Å². The minimum atomic E-state index is -4.33. The Bertz CT molecular complexity index is 2050. The van der Waals surface area contributed by atoms with Gasteiger partial charge in [-0.3, -0.25) is 19.5 Å². The average molecular weight is 811 g/mol. The molecule has 14 heteroatoms. The molecule has 0 bridgehead atoms. The summed E-state index contributed by atoms with van der Waals surface area (Å²) in [6, 6.07) is 13.5. The maximum Gasteiger partial charge on any atom is 0.268 e. The molecule has 11 nitrogen and oxygen atoms in total. The predicted octanol–water partition coefficient (Wildman–Crippen LogP) is 8.81. The van der Waals surface area contributed by atoms with E-state index < -0.39 is 23.6 Å². The van der Waals surface area contributed by atoms with E-state index in [1.54, 1.807) is 43.1 Å². The molecule has 2 aliphatic carbocycles. The first-order chi connectivity index (χ1) is 26.0. The number of sulfonamides is 1. The number of halogens is 1. The molecule has 2 amide bonds. The van der Waals surface area contributed by atoms with E-state index in [0.29, 0.717) is 30.0 Å². The van der Waals surface area contributed by atoms with Crippen LogP contribution < -0.4 is 4.31 Å². The lowest BCUT2D eigenvalue weighted by atomic mass is 9.95. The van der Waals surface area contributed by atoms with Crippen LogP contribution in [0.1, 0.15) is 88.5 Å². The summed E-state index contributed by atoms with van der Waals surface area (Å²) in [5.41, 5.74) is 1.72. The van der Waals surface area contributed by atoms with Crippen molar-refractivity contribution in [1.82, 2.24) is 15.0 Å². The molecule has 2 fully saturated rings. The van der Waals surface area contributed by atoms with Gasteiger partial charge in [-0.15, -0.1) is 0 Å². The topological polar surface area (TPSA) is 126 Å². The van der Waals surface area contributed by atoms with Crippen molar-refractivity contribution in [2.45, 2.75) is 128 Å². The largest absolute Gasteiger partial charge is 0.360 e. The van der Waals surface area contributed by atoms with Crippen molar-refractivity contribution in [3.63, 3.8) is 0 Å². The van der Waals surface area contributed by atoms with Gasteiger partial charge in [-0.05, 0) is 67.8 Å². The highest BCUT2D eigenvalue weighted by Gasteiger charge is 2.49. The highest BCUT2D eigenvalue weighted by atomic mass is 35.5. The SMILES string of the molecule is CCCCC1=NC2(CCCC2)C(=O)N1Cc1ccc(-c2ccccc2S(=O)(=O)N(COCC[Si](C)(C)C)c2noc(C)c2Cl)c(CN(C)C(=O)C2(C)CC2)c1. The number of rotatable bonds is 17. The average Bonchev–Trinajstić information content (AvgIpc) is 3.44. The van der Waals surface area contributed by atoms with Crippen LogP contribution in [0.2, 0.25) is 30.7 Å². The van der Waals surface area contributed by atoms with Crippen LogP contribution in [0.5, 0.6) is 0 Å². The van der Waals surface area contributed by atoms with E-state index in [4.69, 9.17) is 25.9 Å². The third-order valence-corrected chi connectivity index (χ3v) is 15.1. The molecule has 3 aliphatic rings. The van der Waals surface area contributed by atoms with Gasteiger partial charge in [0.2, 0.25) is 11.7 Å². The lowest BCUT2D eigenvalue weighted by Crippen LogP contribution is -2.40. The molecule has 0 N–H and O–H groups in total. The Morgan fingerprint density at radius 2 is 1.78 bits per heavy atom. The van der Waals surface area contributed by atoms with E-state index in [1.165, 1.54) is 0 Å². The summed E-state index contributed by atoms with van der Waals surface area (Å²) >= 11 is 6.58. The molecule has 2 heterocycles. The quantitative estimate of drug-likeness (QED) is 0.0758. The van der Waals surface area contributed by atoms with Crippen LogP contribution in [0.3, 0.4) is 0 Å². The van der Waals surface area contributed by atoms with Crippen LogP contribution >= 0.6 is 11.6 Å². The third kappa shape index (κ3) is 8.74. The zero-order valence-corrected chi connectivity index (χ0v) is 36.0. The highest BCUT2D eigenvalue weighted by Crippen LogP contribution is 2.47. The fourth-order valence-corrected chi connectivity index (χ4v) is 10.0. The van der Waals surface area contributed by atoms with E-state index in [9.17, 15) is 18.0 Å². The Morgan fingerprint density at radius 1 is 1.07 bits per heavy atom. The van der Waals surface area contributed by atoms with Gasteiger partial charge in [-0.2, -0.15) is 0 Å². The molecule has 1 aromatic heterocycles. The summed E-state index contributed by atoms with van der Waals surface area (Å²) in [7, 11) is -4.00. The summed E-state index contributed by atoms with van der Waals surface area (Å²) < 4.78 is 42.1. The Morgan fingerprint density at radius 3 is 2.42 bits per heavy atom. The first kappa shape index (κ1) is 41.1. The van der Waals surface area contributed by atoms with Crippen LogP contribution in [-0.2, 0) is 37.4 Å². The number of amides is 2. The van der Waals surface area contributed by atoms with Crippen LogP contribution in [0.25, 0.3) is 11.1 Å². The van der Waals surface area contributed by atoms with Crippen LogP contribution in [0, 0.1) is 12.3 Å². The van der Waals surface area contributed by atoms with Crippen molar-refractivity contribution >= 4 is 53.2 Å². The summed E-state index contributed by atoms with van der Waals surface area (Å²) in [5, 5.41) is 4.13. The van der Waals surface area contributed by atoms with Crippen molar-refractivity contribution in [2.75, 3.05) is 24.7 Å². The predicted molar refractivity (Wildman–Crippen MR) is 219 cm³/mol. The lowest BCUT2D eigenvalue weighted by molar-refractivity contribution is -0.135. The lowest BCUT2D eigenvalue weighted by Gasteiger charge is -2.26. The van der Waals surface area contributed by atoms with Gasteiger partial charge in [0.05, 0.1) is 11.4 Å².